The average molecular weight is 454 g/mol. The summed E-state index contributed by atoms with van der Waals surface area (Å²) in [6, 6.07) is 27.0. The molecule has 0 saturated heterocycles. The summed E-state index contributed by atoms with van der Waals surface area (Å²) in [6.45, 7) is 7.51. The molecule has 4 nitrogen and oxygen atoms in total. The van der Waals surface area contributed by atoms with Crippen LogP contribution in [0.15, 0.2) is 78.9 Å². The van der Waals surface area contributed by atoms with Gasteiger partial charge in [-0.15, -0.1) is 0 Å². The Morgan fingerprint density at radius 1 is 0.941 bits per heavy atom. The Hall–Kier alpha value is -3.63. The van der Waals surface area contributed by atoms with Crippen molar-refractivity contribution in [3.05, 3.63) is 101 Å². The summed E-state index contributed by atoms with van der Waals surface area (Å²) >= 11 is 0. The van der Waals surface area contributed by atoms with Gasteiger partial charge in [-0.1, -0.05) is 48.5 Å². The summed E-state index contributed by atoms with van der Waals surface area (Å²) < 4.78 is 10.6. The first-order chi connectivity index (χ1) is 16.5. The number of hydrogen-bond acceptors (Lipinski definition) is 4. The maximum absolute atomic E-state index is 12.3. The Balaban J connectivity index is 1.67. The van der Waals surface area contributed by atoms with E-state index in [1.807, 2.05) is 38.1 Å². The summed E-state index contributed by atoms with van der Waals surface area (Å²) in [5.41, 5.74) is 6.04. The molecule has 4 aromatic rings. The highest BCUT2D eigenvalue weighted by Gasteiger charge is 2.15. The van der Waals surface area contributed by atoms with Crippen LogP contribution < -0.4 is 10.1 Å². The van der Waals surface area contributed by atoms with E-state index in [0.717, 1.165) is 27.8 Å². The zero-order valence-corrected chi connectivity index (χ0v) is 20.2. The van der Waals surface area contributed by atoms with E-state index >= 15 is 0 Å². The molecule has 4 heteroatoms. The van der Waals surface area contributed by atoms with Crippen LogP contribution in [0.1, 0.15) is 46.9 Å². The molecular formula is C30H31NO3. The lowest BCUT2D eigenvalue weighted by molar-refractivity contribution is 0.0600. The van der Waals surface area contributed by atoms with Crippen molar-refractivity contribution < 1.29 is 14.3 Å². The van der Waals surface area contributed by atoms with Gasteiger partial charge in [0.2, 0.25) is 0 Å². The van der Waals surface area contributed by atoms with E-state index in [9.17, 15) is 4.79 Å². The van der Waals surface area contributed by atoms with Crippen molar-refractivity contribution in [1.29, 1.82) is 0 Å². The molecule has 0 aliphatic rings. The first-order valence-corrected chi connectivity index (χ1v) is 11.7. The Morgan fingerprint density at radius 3 is 2.53 bits per heavy atom. The van der Waals surface area contributed by atoms with Crippen molar-refractivity contribution >= 4 is 16.7 Å². The molecule has 0 heterocycles. The standard InChI is InChI=1S/C30H31NO3/c1-5-34-25-12-8-11-23(18-25)21(3)31-19-22-16-24-10-6-7-13-28(24)29(17-22)26-14-9-15-27(20(26)2)30(32)33-4/h6-18,21,31H,5,19H2,1-4H3/t21-/m1/s1. The smallest absolute Gasteiger partial charge is 0.338 e. The van der Waals surface area contributed by atoms with Gasteiger partial charge >= 0.3 is 5.97 Å². The van der Waals surface area contributed by atoms with E-state index in [1.54, 1.807) is 0 Å². The number of esters is 1. The Morgan fingerprint density at radius 2 is 1.74 bits per heavy atom. The molecule has 4 aromatic carbocycles. The molecule has 0 aromatic heterocycles. The molecule has 34 heavy (non-hydrogen) atoms. The molecule has 0 unspecified atom stereocenters. The minimum atomic E-state index is -0.315. The predicted octanol–water partition coefficient (Wildman–Crippen LogP) is 6.85. The molecule has 0 amide bonds. The molecule has 0 fully saturated rings. The van der Waals surface area contributed by atoms with Crippen LogP contribution >= 0.6 is 0 Å². The first kappa shape index (κ1) is 23.5. The second-order valence-corrected chi connectivity index (χ2v) is 8.44. The van der Waals surface area contributed by atoms with Gasteiger partial charge in [0.05, 0.1) is 19.3 Å². The second-order valence-electron chi connectivity index (χ2n) is 8.44. The van der Waals surface area contributed by atoms with Crippen LogP contribution in [0.3, 0.4) is 0 Å². The van der Waals surface area contributed by atoms with E-state index in [0.29, 0.717) is 18.7 Å². The summed E-state index contributed by atoms with van der Waals surface area (Å²) in [5.74, 6) is 0.576. The molecular weight excluding hydrogens is 422 g/mol. The number of ether oxygens (including phenoxy) is 2. The number of methoxy groups -OCH3 is 1. The number of hydrogen-bond donors (Lipinski definition) is 1. The number of nitrogens with one attached hydrogen (secondary N) is 1. The zero-order valence-electron chi connectivity index (χ0n) is 20.2. The van der Waals surface area contributed by atoms with Gasteiger partial charge < -0.3 is 14.8 Å². The lowest BCUT2D eigenvalue weighted by Crippen LogP contribution is -2.18. The summed E-state index contributed by atoms with van der Waals surface area (Å²) in [7, 11) is 1.42. The maximum Gasteiger partial charge on any atom is 0.338 e. The molecule has 0 saturated carbocycles. The van der Waals surface area contributed by atoms with Crippen molar-refractivity contribution in [3.8, 4) is 16.9 Å². The number of benzene rings is 4. The minimum Gasteiger partial charge on any atom is -0.494 e. The molecule has 0 radical (unpaired) electrons. The highest BCUT2D eigenvalue weighted by atomic mass is 16.5. The summed E-state index contributed by atoms with van der Waals surface area (Å²) in [4.78, 5) is 12.3. The van der Waals surface area contributed by atoms with Crippen molar-refractivity contribution in [1.82, 2.24) is 5.32 Å². The van der Waals surface area contributed by atoms with Crippen LogP contribution in [-0.4, -0.2) is 19.7 Å². The van der Waals surface area contributed by atoms with Crippen molar-refractivity contribution in [2.75, 3.05) is 13.7 Å². The van der Waals surface area contributed by atoms with Gasteiger partial charge in [0.25, 0.3) is 0 Å². The monoisotopic (exact) mass is 453 g/mol. The van der Waals surface area contributed by atoms with E-state index in [1.165, 1.54) is 23.6 Å². The molecule has 1 atom stereocenters. The third-order valence-corrected chi connectivity index (χ3v) is 6.23. The maximum atomic E-state index is 12.3. The fourth-order valence-electron chi connectivity index (χ4n) is 4.39. The zero-order chi connectivity index (χ0) is 24.1. The van der Waals surface area contributed by atoms with Crippen molar-refractivity contribution in [2.45, 2.75) is 33.4 Å². The average Bonchev–Trinajstić information content (AvgIpc) is 2.87. The van der Waals surface area contributed by atoms with Gasteiger partial charge in [-0.25, -0.2) is 4.79 Å². The highest BCUT2D eigenvalue weighted by Crippen LogP contribution is 2.34. The first-order valence-electron chi connectivity index (χ1n) is 11.7. The third-order valence-electron chi connectivity index (χ3n) is 6.23. The molecule has 0 aliphatic heterocycles. The number of carbonyl (C=O) groups excluding carboxylic acids is 1. The second kappa shape index (κ2) is 10.5. The Labute approximate surface area is 201 Å². The van der Waals surface area contributed by atoms with E-state index in [-0.39, 0.29) is 12.0 Å². The van der Waals surface area contributed by atoms with Gasteiger partial charge in [0, 0.05) is 12.6 Å². The molecule has 0 bridgehead atoms. The Bertz CT molecular complexity index is 1310. The quantitative estimate of drug-likeness (QED) is 0.296. The molecule has 4 rings (SSSR count). The lowest BCUT2D eigenvalue weighted by atomic mass is 9.91. The number of carbonyl (C=O) groups is 1. The predicted molar refractivity (Wildman–Crippen MR) is 138 cm³/mol. The lowest BCUT2D eigenvalue weighted by Gasteiger charge is -2.18. The topological polar surface area (TPSA) is 47.6 Å². The SMILES string of the molecule is CCOc1cccc([C@@H](C)NCc2cc(-c3cccc(C(=O)OC)c3C)c3ccccc3c2)c1. The Kier molecular flexibility index (Phi) is 7.29. The minimum absolute atomic E-state index is 0.166. The van der Waals surface area contributed by atoms with Crippen molar-refractivity contribution in [3.63, 3.8) is 0 Å². The highest BCUT2D eigenvalue weighted by molar-refractivity contribution is 6.00. The molecule has 174 valence electrons. The van der Waals surface area contributed by atoms with Crippen LogP contribution in [0.2, 0.25) is 0 Å². The van der Waals surface area contributed by atoms with Crippen LogP contribution in [-0.2, 0) is 11.3 Å². The van der Waals surface area contributed by atoms with E-state index < -0.39 is 0 Å². The fourth-order valence-corrected chi connectivity index (χ4v) is 4.39. The van der Waals surface area contributed by atoms with Gasteiger partial charge in [0.15, 0.2) is 0 Å². The van der Waals surface area contributed by atoms with E-state index in [2.05, 4.69) is 66.8 Å². The van der Waals surface area contributed by atoms with Crippen molar-refractivity contribution in [2.24, 2.45) is 0 Å². The van der Waals surface area contributed by atoms with Gasteiger partial charge in [-0.2, -0.15) is 0 Å². The van der Waals surface area contributed by atoms with Crippen LogP contribution in [0.25, 0.3) is 21.9 Å². The molecule has 0 aliphatic carbocycles. The summed E-state index contributed by atoms with van der Waals surface area (Å²) in [5, 5.41) is 5.98. The van der Waals surface area contributed by atoms with Gasteiger partial charge in [0.1, 0.15) is 5.75 Å². The number of fused-ring (bicyclic) bond motifs is 1. The fraction of sp³-hybridized carbons (Fsp3) is 0.233. The van der Waals surface area contributed by atoms with Crippen LogP contribution in [0.4, 0.5) is 0 Å². The van der Waals surface area contributed by atoms with Gasteiger partial charge in [-0.05, 0) is 89.7 Å². The van der Waals surface area contributed by atoms with Crippen LogP contribution in [0, 0.1) is 6.92 Å². The molecule has 0 spiro atoms. The third kappa shape index (κ3) is 4.97. The number of rotatable bonds is 8. The summed E-state index contributed by atoms with van der Waals surface area (Å²) in [6.07, 6.45) is 0. The normalized spacial score (nSPS) is 11.9. The van der Waals surface area contributed by atoms with Crippen LogP contribution in [0.5, 0.6) is 5.75 Å². The van der Waals surface area contributed by atoms with E-state index in [4.69, 9.17) is 9.47 Å². The molecule has 1 N–H and O–H groups in total. The van der Waals surface area contributed by atoms with Gasteiger partial charge in [-0.3, -0.25) is 0 Å². The largest absolute Gasteiger partial charge is 0.494 e.